The van der Waals surface area contributed by atoms with Crippen LogP contribution in [0.25, 0.3) is 0 Å². The average molecular weight is 247 g/mol. The van der Waals surface area contributed by atoms with Crippen molar-refractivity contribution in [3.8, 4) is 0 Å². The Morgan fingerprint density at radius 3 is 2.76 bits per heavy atom. The fourth-order valence-electron chi connectivity index (χ4n) is 1.32. The third kappa shape index (κ3) is 3.25. The molecule has 0 aromatic carbocycles. The van der Waals surface area contributed by atoms with E-state index in [9.17, 15) is 5.11 Å². The summed E-state index contributed by atoms with van der Waals surface area (Å²) in [5, 5.41) is 10.5. The maximum atomic E-state index is 9.62. The van der Waals surface area contributed by atoms with Crippen molar-refractivity contribution in [3.05, 3.63) is 42.6 Å². The smallest absolute Gasteiger partial charge is 0.116 e. The third-order valence-corrected chi connectivity index (χ3v) is 3.19. The predicted octanol–water partition coefficient (Wildman–Crippen LogP) is 2.47. The molecule has 0 radical (unpaired) electrons. The van der Waals surface area contributed by atoms with Crippen LogP contribution < -0.4 is 0 Å². The first-order chi connectivity index (χ1) is 8.29. The third-order valence-electron chi connectivity index (χ3n) is 2.26. The Labute approximate surface area is 104 Å². The molecule has 0 spiro atoms. The maximum absolute atomic E-state index is 9.62. The zero-order valence-electron chi connectivity index (χ0n) is 9.45. The number of pyridine rings is 1. The highest BCUT2D eigenvalue weighted by molar-refractivity contribution is 7.99. The van der Waals surface area contributed by atoms with E-state index in [2.05, 4.69) is 15.0 Å². The minimum atomic E-state index is -0.479. The van der Waals surface area contributed by atoms with Gasteiger partial charge in [-0.15, -0.1) is 0 Å². The van der Waals surface area contributed by atoms with Gasteiger partial charge in [0.15, 0.2) is 0 Å². The summed E-state index contributed by atoms with van der Waals surface area (Å²) in [6, 6.07) is 5.63. The lowest BCUT2D eigenvalue weighted by Crippen LogP contribution is -1.97. The Balaban J connectivity index is 2.08. The van der Waals surface area contributed by atoms with E-state index >= 15 is 0 Å². The maximum Gasteiger partial charge on any atom is 0.116 e. The summed E-state index contributed by atoms with van der Waals surface area (Å²) in [7, 11) is 0. The van der Waals surface area contributed by atoms with Crippen molar-refractivity contribution in [2.45, 2.75) is 29.4 Å². The standard InChI is InChI=1S/C12H13N3OS/c1-2-11(16)10-4-3-9(7-14-10)17-12-5-6-13-8-15-12/h3-8,11,16H,2H2,1H3/t11-/m1/s1. The normalized spacial score (nSPS) is 12.4. The van der Waals surface area contributed by atoms with Crippen molar-refractivity contribution < 1.29 is 5.11 Å². The first-order valence-corrected chi connectivity index (χ1v) is 6.19. The van der Waals surface area contributed by atoms with Crippen molar-refractivity contribution in [2.24, 2.45) is 0 Å². The molecular formula is C12H13N3OS. The van der Waals surface area contributed by atoms with Gasteiger partial charge < -0.3 is 5.11 Å². The first kappa shape index (κ1) is 12.0. The Morgan fingerprint density at radius 2 is 2.18 bits per heavy atom. The van der Waals surface area contributed by atoms with Gasteiger partial charge in [0, 0.05) is 17.3 Å². The molecule has 0 aliphatic rings. The molecule has 1 N–H and O–H groups in total. The fraction of sp³-hybridized carbons (Fsp3) is 0.250. The first-order valence-electron chi connectivity index (χ1n) is 5.37. The number of aromatic nitrogens is 3. The molecule has 2 heterocycles. The minimum absolute atomic E-state index is 0.479. The zero-order valence-corrected chi connectivity index (χ0v) is 10.3. The molecule has 0 saturated heterocycles. The Hall–Kier alpha value is -1.46. The summed E-state index contributed by atoms with van der Waals surface area (Å²) in [6.45, 7) is 1.93. The Kier molecular flexibility index (Phi) is 4.06. The van der Waals surface area contributed by atoms with Gasteiger partial charge in [-0.25, -0.2) is 9.97 Å². The number of aliphatic hydroxyl groups excluding tert-OH is 1. The van der Waals surface area contributed by atoms with Crippen molar-refractivity contribution in [2.75, 3.05) is 0 Å². The highest BCUT2D eigenvalue weighted by Crippen LogP contribution is 2.25. The van der Waals surface area contributed by atoms with E-state index in [4.69, 9.17) is 0 Å². The Morgan fingerprint density at radius 1 is 1.29 bits per heavy atom. The quantitative estimate of drug-likeness (QED) is 0.841. The van der Waals surface area contributed by atoms with Crippen molar-refractivity contribution in [1.82, 2.24) is 15.0 Å². The van der Waals surface area contributed by atoms with Crippen LogP contribution in [0.1, 0.15) is 25.1 Å². The van der Waals surface area contributed by atoms with E-state index in [1.54, 1.807) is 12.4 Å². The zero-order chi connectivity index (χ0) is 12.1. The average Bonchev–Trinajstić information content (AvgIpc) is 2.40. The second-order valence-corrected chi connectivity index (χ2v) is 4.59. The SMILES string of the molecule is CC[C@@H](O)c1ccc(Sc2ccncn2)cn1. The summed E-state index contributed by atoms with van der Waals surface area (Å²) < 4.78 is 0. The van der Waals surface area contributed by atoms with E-state index in [0.29, 0.717) is 12.1 Å². The van der Waals surface area contributed by atoms with Crippen LogP contribution in [0.15, 0.2) is 46.8 Å². The predicted molar refractivity (Wildman–Crippen MR) is 65.6 cm³/mol. The van der Waals surface area contributed by atoms with Crippen molar-refractivity contribution in [3.63, 3.8) is 0 Å². The molecule has 5 heteroatoms. The van der Waals surface area contributed by atoms with Crippen LogP contribution >= 0.6 is 11.8 Å². The van der Waals surface area contributed by atoms with Crippen LogP contribution in [-0.4, -0.2) is 20.1 Å². The molecule has 0 amide bonds. The highest BCUT2D eigenvalue weighted by Gasteiger charge is 2.06. The summed E-state index contributed by atoms with van der Waals surface area (Å²) in [5.41, 5.74) is 0.708. The molecule has 2 aromatic rings. The van der Waals surface area contributed by atoms with Gasteiger partial charge in [-0.2, -0.15) is 0 Å². The molecule has 2 aromatic heterocycles. The van der Waals surface area contributed by atoms with Gasteiger partial charge in [0.25, 0.3) is 0 Å². The molecular weight excluding hydrogens is 234 g/mol. The summed E-state index contributed by atoms with van der Waals surface area (Å²) in [5.74, 6) is 0. The molecule has 0 fully saturated rings. The van der Waals surface area contributed by atoms with E-state index in [-0.39, 0.29) is 0 Å². The number of rotatable bonds is 4. The topological polar surface area (TPSA) is 58.9 Å². The molecule has 2 rings (SSSR count). The van der Waals surface area contributed by atoms with Crippen LogP contribution in [0.4, 0.5) is 0 Å². The second kappa shape index (κ2) is 5.75. The molecule has 0 bridgehead atoms. The van der Waals surface area contributed by atoms with E-state index in [1.165, 1.54) is 18.1 Å². The van der Waals surface area contributed by atoms with Gasteiger partial charge in [0.2, 0.25) is 0 Å². The van der Waals surface area contributed by atoms with Gasteiger partial charge in [-0.3, -0.25) is 4.98 Å². The van der Waals surface area contributed by atoms with Crippen LogP contribution in [-0.2, 0) is 0 Å². The molecule has 0 saturated carbocycles. The number of hydrogen-bond donors (Lipinski definition) is 1. The number of aliphatic hydroxyl groups is 1. The lowest BCUT2D eigenvalue weighted by Gasteiger charge is -2.07. The summed E-state index contributed by atoms with van der Waals surface area (Å²) in [4.78, 5) is 13.2. The lowest BCUT2D eigenvalue weighted by molar-refractivity contribution is 0.169. The molecule has 88 valence electrons. The second-order valence-electron chi connectivity index (χ2n) is 3.49. The summed E-state index contributed by atoms with van der Waals surface area (Å²) >= 11 is 1.52. The van der Waals surface area contributed by atoms with Crippen LogP contribution in [0.3, 0.4) is 0 Å². The monoisotopic (exact) mass is 247 g/mol. The van der Waals surface area contributed by atoms with E-state index in [1.807, 2.05) is 25.1 Å². The van der Waals surface area contributed by atoms with Gasteiger partial charge >= 0.3 is 0 Å². The highest BCUT2D eigenvalue weighted by atomic mass is 32.2. The number of nitrogens with zero attached hydrogens (tertiary/aromatic N) is 3. The molecule has 0 aliphatic carbocycles. The molecule has 0 aliphatic heterocycles. The van der Waals surface area contributed by atoms with Crippen LogP contribution in [0.5, 0.6) is 0 Å². The molecule has 0 unspecified atom stereocenters. The Bertz CT molecular complexity index is 461. The van der Waals surface area contributed by atoms with Gasteiger partial charge in [-0.1, -0.05) is 18.7 Å². The van der Waals surface area contributed by atoms with E-state index < -0.39 is 6.10 Å². The molecule has 1 atom stereocenters. The largest absolute Gasteiger partial charge is 0.387 e. The van der Waals surface area contributed by atoms with Gasteiger partial charge in [0.1, 0.15) is 11.4 Å². The van der Waals surface area contributed by atoms with Crippen molar-refractivity contribution >= 4 is 11.8 Å². The van der Waals surface area contributed by atoms with Gasteiger partial charge in [0.05, 0.1) is 11.8 Å². The van der Waals surface area contributed by atoms with Crippen LogP contribution in [0, 0.1) is 0 Å². The molecule has 4 nitrogen and oxygen atoms in total. The minimum Gasteiger partial charge on any atom is -0.387 e. The van der Waals surface area contributed by atoms with E-state index in [0.717, 1.165) is 9.92 Å². The number of hydrogen-bond acceptors (Lipinski definition) is 5. The van der Waals surface area contributed by atoms with Gasteiger partial charge in [-0.05, 0) is 24.6 Å². The fourth-order valence-corrected chi connectivity index (χ4v) is 2.03. The van der Waals surface area contributed by atoms with Crippen LogP contribution in [0.2, 0.25) is 0 Å². The molecule has 17 heavy (non-hydrogen) atoms. The summed E-state index contributed by atoms with van der Waals surface area (Å²) in [6.07, 6.45) is 5.17. The lowest BCUT2D eigenvalue weighted by atomic mass is 10.2. The van der Waals surface area contributed by atoms with Crippen molar-refractivity contribution in [1.29, 1.82) is 0 Å².